The van der Waals surface area contributed by atoms with Crippen LogP contribution in [0.1, 0.15) is 23.6 Å². The molecule has 3 heteroatoms. The first-order chi connectivity index (χ1) is 23.6. The minimum absolute atomic E-state index is 0.00435. The summed E-state index contributed by atoms with van der Waals surface area (Å²) in [5, 5.41) is 12.0. The summed E-state index contributed by atoms with van der Waals surface area (Å²) in [6.07, 6.45) is 2.06. The van der Waals surface area contributed by atoms with E-state index in [2.05, 4.69) is 144 Å². The molecule has 0 radical (unpaired) electrons. The van der Waals surface area contributed by atoms with Crippen molar-refractivity contribution in [2.75, 3.05) is 4.90 Å². The van der Waals surface area contributed by atoms with Gasteiger partial charge < -0.3 is 14.7 Å². The molecule has 0 bridgehead atoms. The van der Waals surface area contributed by atoms with Crippen molar-refractivity contribution in [1.82, 2.24) is 0 Å². The fraction of sp³-hybridized carbons (Fsp3) is 0.0667. The van der Waals surface area contributed by atoms with Gasteiger partial charge in [-0.2, -0.15) is 0 Å². The van der Waals surface area contributed by atoms with Crippen LogP contribution in [0.25, 0.3) is 39.1 Å². The van der Waals surface area contributed by atoms with Gasteiger partial charge in [0.2, 0.25) is 0 Å². The van der Waals surface area contributed by atoms with Gasteiger partial charge in [0.25, 0.3) is 0 Å². The Bertz CT molecular complexity index is 2070. The van der Waals surface area contributed by atoms with Crippen molar-refractivity contribution >= 4 is 33.9 Å². The molecule has 0 amide bonds. The Labute approximate surface area is 282 Å². The molecule has 3 nitrogen and oxygen atoms in total. The van der Waals surface area contributed by atoms with Gasteiger partial charge in [0.1, 0.15) is 6.61 Å². The molecule has 7 rings (SSSR count). The zero-order chi connectivity index (χ0) is 32.7. The molecule has 0 saturated heterocycles. The molecule has 0 aliphatic carbocycles. The second-order valence-electron chi connectivity index (χ2n) is 11.9. The van der Waals surface area contributed by atoms with E-state index in [1.807, 2.05) is 43.3 Å². The topological polar surface area (TPSA) is 32.7 Å². The van der Waals surface area contributed by atoms with E-state index in [0.29, 0.717) is 6.61 Å². The third-order valence-electron chi connectivity index (χ3n) is 8.69. The molecule has 0 aromatic heterocycles. The number of hydrogen-bond donors (Lipinski definition) is 1. The van der Waals surface area contributed by atoms with Crippen LogP contribution in [-0.2, 0) is 18.0 Å². The molecule has 234 valence electrons. The lowest BCUT2D eigenvalue weighted by Crippen LogP contribution is -2.09. The highest BCUT2D eigenvalue weighted by Crippen LogP contribution is 2.38. The standard InChI is InChI=1S/C45H37NO2/c1-33(48-32-42-15-9-8-14-41(42)31-47)28-34-16-17-40-30-45(27-22-39(40)29-34)46(43-23-18-37(19-24-43)35-10-4-2-5-11-35)44-25-20-38(21-26-44)36-12-6-3-7-13-36/h2-30,47H,31-32H2,1H3. The van der Waals surface area contributed by atoms with E-state index in [4.69, 9.17) is 4.74 Å². The number of rotatable bonds is 10. The van der Waals surface area contributed by atoms with Crippen LogP contribution in [0.4, 0.5) is 17.1 Å². The lowest BCUT2D eigenvalue weighted by atomic mass is 10.0. The number of nitrogens with zero attached hydrogens (tertiary/aromatic N) is 1. The first-order valence-electron chi connectivity index (χ1n) is 16.3. The third-order valence-corrected chi connectivity index (χ3v) is 8.69. The SMILES string of the molecule is CC(=Cc1ccc2cc(N(c3ccc(-c4ccccc4)cc3)c3ccc(-c4ccccc4)cc3)ccc2c1)OCc1ccccc1CO. The number of benzene rings is 7. The van der Waals surface area contributed by atoms with E-state index in [1.165, 1.54) is 22.3 Å². The van der Waals surface area contributed by atoms with Gasteiger partial charge in [0.15, 0.2) is 0 Å². The number of anilines is 3. The highest BCUT2D eigenvalue weighted by molar-refractivity contribution is 5.91. The molecule has 0 heterocycles. The van der Waals surface area contributed by atoms with E-state index in [9.17, 15) is 5.11 Å². The van der Waals surface area contributed by atoms with Crippen LogP contribution in [0.15, 0.2) is 176 Å². The van der Waals surface area contributed by atoms with Crippen molar-refractivity contribution < 1.29 is 9.84 Å². The van der Waals surface area contributed by atoms with Crippen LogP contribution >= 0.6 is 0 Å². The van der Waals surface area contributed by atoms with E-state index >= 15 is 0 Å². The van der Waals surface area contributed by atoms with Gasteiger partial charge >= 0.3 is 0 Å². The van der Waals surface area contributed by atoms with Gasteiger partial charge in [-0.1, -0.05) is 127 Å². The Morgan fingerprint density at radius 1 is 0.521 bits per heavy atom. The zero-order valence-corrected chi connectivity index (χ0v) is 27.0. The number of aliphatic hydroxyl groups is 1. The van der Waals surface area contributed by atoms with Crippen molar-refractivity contribution in [2.24, 2.45) is 0 Å². The van der Waals surface area contributed by atoms with Crippen LogP contribution in [-0.4, -0.2) is 5.11 Å². The second kappa shape index (κ2) is 14.3. The normalized spacial score (nSPS) is 11.4. The van der Waals surface area contributed by atoms with E-state index in [1.54, 1.807) is 0 Å². The van der Waals surface area contributed by atoms with E-state index in [-0.39, 0.29) is 6.61 Å². The summed E-state index contributed by atoms with van der Waals surface area (Å²) >= 11 is 0. The molecule has 0 fully saturated rings. The largest absolute Gasteiger partial charge is 0.494 e. The first kappa shape index (κ1) is 30.7. The Kier molecular flexibility index (Phi) is 9.13. The molecule has 48 heavy (non-hydrogen) atoms. The van der Waals surface area contributed by atoms with Gasteiger partial charge in [-0.25, -0.2) is 0 Å². The monoisotopic (exact) mass is 623 g/mol. The first-order valence-corrected chi connectivity index (χ1v) is 16.3. The minimum atomic E-state index is 0.00435. The molecule has 7 aromatic carbocycles. The number of fused-ring (bicyclic) bond motifs is 1. The molecule has 0 saturated carbocycles. The van der Waals surface area contributed by atoms with E-state index < -0.39 is 0 Å². The summed E-state index contributed by atoms with van der Waals surface area (Å²) in [7, 11) is 0. The summed E-state index contributed by atoms with van der Waals surface area (Å²) in [6.45, 7) is 2.40. The summed E-state index contributed by atoms with van der Waals surface area (Å²) in [5.74, 6) is 0.822. The number of hydrogen-bond acceptors (Lipinski definition) is 3. The molecule has 0 aliphatic heterocycles. The van der Waals surface area contributed by atoms with Crippen LogP contribution in [0.5, 0.6) is 0 Å². The highest BCUT2D eigenvalue weighted by Gasteiger charge is 2.14. The maximum absolute atomic E-state index is 9.64. The Hall–Kier alpha value is -5.90. The molecule has 0 aliphatic rings. The van der Waals surface area contributed by atoms with Crippen LogP contribution < -0.4 is 4.90 Å². The quantitative estimate of drug-likeness (QED) is 0.154. The number of ether oxygens (including phenoxy) is 1. The molecular weight excluding hydrogens is 587 g/mol. The molecule has 1 N–H and O–H groups in total. The Morgan fingerprint density at radius 3 is 1.58 bits per heavy atom. The highest BCUT2D eigenvalue weighted by atomic mass is 16.5. The maximum atomic E-state index is 9.64. The molecule has 0 spiro atoms. The van der Waals surface area contributed by atoms with Gasteiger partial charge in [0.05, 0.1) is 12.4 Å². The number of allylic oxidation sites excluding steroid dienone is 1. The van der Waals surface area contributed by atoms with Crippen molar-refractivity contribution in [3.8, 4) is 22.3 Å². The fourth-order valence-electron chi connectivity index (χ4n) is 6.12. The molecular formula is C45H37NO2. The fourth-order valence-corrected chi connectivity index (χ4v) is 6.12. The lowest BCUT2D eigenvalue weighted by Gasteiger charge is -2.26. The smallest absolute Gasteiger partial charge is 0.113 e. The minimum Gasteiger partial charge on any atom is -0.494 e. The third kappa shape index (κ3) is 6.92. The van der Waals surface area contributed by atoms with Crippen molar-refractivity contribution in [3.05, 3.63) is 192 Å². The Balaban J connectivity index is 1.19. The molecule has 0 unspecified atom stereocenters. The van der Waals surface area contributed by atoms with Crippen LogP contribution in [0.3, 0.4) is 0 Å². The van der Waals surface area contributed by atoms with Gasteiger partial charge in [-0.05, 0) is 105 Å². The second-order valence-corrected chi connectivity index (χ2v) is 11.9. The van der Waals surface area contributed by atoms with Gasteiger partial charge in [-0.3, -0.25) is 0 Å². The molecule has 0 atom stereocenters. The van der Waals surface area contributed by atoms with Crippen molar-refractivity contribution in [3.63, 3.8) is 0 Å². The maximum Gasteiger partial charge on any atom is 0.113 e. The summed E-state index contributed by atoms with van der Waals surface area (Å²) in [5.41, 5.74) is 11.0. The summed E-state index contributed by atoms with van der Waals surface area (Å²) in [4.78, 5) is 2.32. The predicted octanol–water partition coefficient (Wildman–Crippen LogP) is 11.7. The van der Waals surface area contributed by atoms with Crippen molar-refractivity contribution in [1.29, 1.82) is 0 Å². The van der Waals surface area contributed by atoms with Crippen LogP contribution in [0, 0.1) is 0 Å². The van der Waals surface area contributed by atoms with Crippen LogP contribution in [0.2, 0.25) is 0 Å². The summed E-state index contributed by atoms with van der Waals surface area (Å²) in [6, 6.07) is 59.5. The predicted molar refractivity (Wildman–Crippen MR) is 200 cm³/mol. The summed E-state index contributed by atoms with van der Waals surface area (Å²) < 4.78 is 6.05. The van der Waals surface area contributed by atoms with Gasteiger partial charge in [-0.15, -0.1) is 0 Å². The van der Waals surface area contributed by atoms with Gasteiger partial charge in [0, 0.05) is 17.1 Å². The molecule has 7 aromatic rings. The average molecular weight is 624 g/mol. The number of aliphatic hydroxyl groups excluding tert-OH is 1. The Morgan fingerprint density at radius 2 is 1.00 bits per heavy atom. The van der Waals surface area contributed by atoms with Crippen molar-refractivity contribution in [2.45, 2.75) is 20.1 Å². The lowest BCUT2D eigenvalue weighted by molar-refractivity contribution is 0.199. The zero-order valence-electron chi connectivity index (χ0n) is 27.0. The van der Waals surface area contributed by atoms with E-state index in [0.717, 1.165) is 50.3 Å². The average Bonchev–Trinajstić information content (AvgIpc) is 3.15.